The van der Waals surface area contributed by atoms with Gasteiger partial charge in [0.15, 0.2) is 0 Å². The monoisotopic (exact) mass is 344 g/mol. The molecule has 2 aromatic rings. The van der Waals surface area contributed by atoms with E-state index in [1.165, 1.54) is 0 Å². The minimum absolute atomic E-state index is 0.00140. The summed E-state index contributed by atoms with van der Waals surface area (Å²) in [6, 6.07) is 4.72. The van der Waals surface area contributed by atoms with Crippen LogP contribution in [0.3, 0.4) is 0 Å². The summed E-state index contributed by atoms with van der Waals surface area (Å²) in [5.74, 6) is 0.706. The molecule has 7 heteroatoms. The Kier molecular flexibility index (Phi) is 4.76. The topological polar surface area (TPSA) is 89.5 Å². The Morgan fingerprint density at radius 2 is 2.16 bits per heavy atom. The highest BCUT2D eigenvalue weighted by atomic mass is 16.3. The van der Waals surface area contributed by atoms with E-state index in [2.05, 4.69) is 23.8 Å². The van der Waals surface area contributed by atoms with Crippen LogP contribution < -0.4 is 0 Å². The molecule has 1 unspecified atom stereocenters. The molecular formula is C18H24N4O3. The maximum Gasteiger partial charge on any atom is 0.254 e. The first-order valence-electron chi connectivity index (χ1n) is 8.60. The number of aromatic amines is 1. The molecule has 25 heavy (non-hydrogen) atoms. The van der Waals surface area contributed by atoms with Crippen LogP contribution >= 0.6 is 0 Å². The summed E-state index contributed by atoms with van der Waals surface area (Å²) in [7, 11) is 0. The van der Waals surface area contributed by atoms with Crippen molar-refractivity contribution in [3.05, 3.63) is 29.6 Å². The first-order valence-corrected chi connectivity index (χ1v) is 8.60. The smallest absolute Gasteiger partial charge is 0.254 e. The fourth-order valence-corrected chi connectivity index (χ4v) is 3.27. The second-order valence-corrected chi connectivity index (χ2v) is 6.93. The molecule has 0 bridgehead atoms. The molecule has 2 heterocycles. The fraction of sp³-hybridized carbons (Fsp3) is 0.500. The number of hydrogen-bond acceptors (Lipinski definition) is 4. The average Bonchev–Trinajstić information content (AvgIpc) is 3.00. The van der Waals surface area contributed by atoms with Crippen LogP contribution in [0.2, 0.25) is 0 Å². The Morgan fingerprint density at radius 1 is 1.40 bits per heavy atom. The number of nitrogens with one attached hydrogen (secondary N) is 1. The SMILES string of the molecule is CC(C)CN1CCN(C(=O)c2ccc3nc(CO)[nH]c3c2)C(C)C1=O. The van der Waals surface area contributed by atoms with Gasteiger partial charge in [0.2, 0.25) is 5.91 Å². The summed E-state index contributed by atoms with van der Waals surface area (Å²) < 4.78 is 0. The molecular weight excluding hydrogens is 320 g/mol. The number of nitrogens with zero attached hydrogens (tertiary/aromatic N) is 3. The predicted octanol–water partition coefficient (Wildman–Crippen LogP) is 1.38. The van der Waals surface area contributed by atoms with Gasteiger partial charge in [-0.3, -0.25) is 9.59 Å². The number of aromatic nitrogens is 2. The Morgan fingerprint density at radius 3 is 2.84 bits per heavy atom. The summed E-state index contributed by atoms with van der Waals surface area (Å²) in [4.78, 5) is 36.1. The zero-order chi connectivity index (χ0) is 18.1. The van der Waals surface area contributed by atoms with Crippen molar-refractivity contribution < 1.29 is 14.7 Å². The van der Waals surface area contributed by atoms with Gasteiger partial charge in [0.05, 0.1) is 11.0 Å². The van der Waals surface area contributed by atoms with E-state index >= 15 is 0 Å². The van der Waals surface area contributed by atoms with Crippen molar-refractivity contribution in [1.82, 2.24) is 19.8 Å². The first kappa shape index (κ1) is 17.4. The molecule has 1 saturated heterocycles. The zero-order valence-corrected chi connectivity index (χ0v) is 14.8. The van der Waals surface area contributed by atoms with Gasteiger partial charge in [-0.2, -0.15) is 0 Å². The van der Waals surface area contributed by atoms with Crippen LogP contribution in [0.25, 0.3) is 11.0 Å². The van der Waals surface area contributed by atoms with Crippen LogP contribution in [-0.2, 0) is 11.4 Å². The molecule has 0 aliphatic carbocycles. The Labute approximate surface area is 146 Å². The van der Waals surface area contributed by atoms with Crippen molar-refractivity contribution in [1.29, 1.82) is 0 Å². The van der Waals surface area contributed by atoms with Crippen molar-refractivity contribution in [2.45, 2.75) is 33.4 Å². The number of H-pyrrole nitrogens is 1. The second-order valence-electron chi connectivity index (χ2n) is 6.93. The number of benzene rings is 1. The van der Waals surface area contributed by atoms with Crippen LogP contribution in [0.15, 0.2) is 18.2 Å². The van der Waals surface area contributed by atoms with E-state index in [1.54, 1.807) is 30.0 Å². The van der Waals surface area contributed by atoms with E-state index in [9.17, 15) is 9.59 Å². The van der Waals surface area contributed by atoms with Crippen molar-refractivity contribution >= 4 is 22.8 Å². The summed E-state index contributed by atoms with van der Waals surface area (Å²) in [6.07, 6.45) is 0. The summed E-state index contributed by atoms with van der Waals surface area (Å²) in [5.41, 5.74) is 1.91. The van der Waals surface area contributed by atoms with Crippen molar-refractivity contribution in [3.63, 3.8) is 0 Å². The molecule has 1 aliphatic heterocycles. The molecule has 0 spiro atoms. The largest absolute Gasteiger partial charge is 0.388 e. The molecule has 1 aromatic heterocycles. The average molecular weight is 344 g/mol. The molecule has 134 valence electrons. The molecule has 1 atom stereocenters. The molecule has 1 aliphatic rings. The number of carbonyl (C=O) groups is 2. The third-order valence-electron chi connectivity index (χ3n) is 4.52. The quantitative estimate of drug-likeness (QED) is 0.877. The summed E-state index contributed by atoms with van der Waals surface area (Å²) in [5, 5.41) is 9.16. The highest BCUT2D eigenvalue weighted by molar-refractivity contribution is 6.00. The number of carbonyl (C=O) groups excluding carboxylic acids is 2. The highest BCUT2D eigenvalue weighted by Gasteiger charge is 2.34. The fourth-order valence-electron chi connectivity index (χ4n) is 3.27. The molecule has 1 fully saturated rings. The molecule has 2 N–H and O–H groups in total. The molecule has 0 saturated carbocycles. The lowest BCUT2D eigenvalue weighted by Gasteiger charge is -2.39. The van der Waals surface area contributed by atoms with Gasteiger partial charge in [-0.25, -0.2) is 4.98 Å². The van der Waals surface area contributed by atoms with E-state index in [0.29, 0.717) is 41.4 Å². The maximum absolute atomic E-state index is 12.9. The van der Waals surface area contributed by atoms with Crippen molar-refractivity contribution in [3.8, 4) is 0 Å². The molecule has 3 rings (SSSR count). The van der Waals surface area contributed by atoms with Gasteiger partial charge in [-0.1, -0.05) is 13.8 Å². The number of fused-ring (bicyclic) bond motifs is 1. The van der Waals surface area contributed by atoms with Gasteiger partial charge in [-0.15, -0.1) is 0 Å². The zero-order valence-electron chi connectivity index (χ0n) is 14.8. The normalized spacial score (nSPS) is 18.4. The van der Waals surface area contributed by atoms with Crippen LogP contribution in [0.5, 0.6) is 0 Å². The van der Waals surface area contributed by atoms with Crippen LogP contribution in [-0.4, -0.2) is 62.4 Å². The summed E-state index contributed by atoms with van der Waals surface area (Å²) >= 11 is 0. The minimum atomic E-state index is -0.467. The lowest BCUT2D eigenvalue weighted by atomic mass is 10.1. The number of imidazole rings is 1. The third-order valence-corrected chi connectivity index (χ3v) is 4.52. The lowest BCUT2D eigenvalue weighted by Crippen LogP contribution is -2.58. The maximum atomic E-state index is 12.9. The van der Waals surface area contributed by atoms with E-state index in [-0.39, 0.29) is 18.4 Å². The Hall–Kier alpha value is -2.41. The second kappa shape index (κ2) is 6.84. The van der Waals surface area contributed by atoms with Gasteiger partial charge < -0.3 is 19.9 Å². The number of piperazine rings is 1. The standard InChI is InChI=1S/C18H24N4O3/c1-11(2)9-21-6-7-22(12(3)17(21)24)18(25)13-4-5-14-15(8-13)20-16(10-23)19-14/h4-5,8,11-12,23H,6-7,9-10H2,1-3H3,(H,19,20). The first-order chi connectivity index (χ1) is 11.9. The molecule has 2 amide bonds. The van der Waals surface area contributed by atoms with Crippen LogP contribution in [0.1, 0.15) is 37.0 Å². The lowest BCUT2D eigenvalue weighted by molar-refractivity contribution is -0.140. The van der Waals surface area contributed by atoms with E-state index in [1.807, 2.05) is 4.90 Å². The highest BCUT2D eigenvalue weighted by Crippen LogP contribution is 2.19. The van der Waals surface area contributed by atoms with Crippen LogP contribution in [0.4, 0.5) is 0 Å². The van der Waals surface area contributed by atoms with Crippen LogP contribution in [0, 0.1) is 5.92 Å². The molecule has 7 nitrogen and oxygen atoms in total. The van der Waals surface area contributed by atoms with E-state index in [4.69, 9.17) is 5.11 Å². The van der Waals surface area contributed by atoms with E-state index < -0.39 is 6.04 Å². The number of amides is 2. The van der Waals surface area contributed by atoms with Gasteiger partial charge in [0.25, 0.3) is 5.91 Å². The molecule has 0 radical (unpaired) electrons. The van der Waals surface area contributed by atoms with E-state index in [0.717, 1.165) is 6.54 Å². The van der Waals surface area contributed by atoms with Crippen molar-refractivity contribution in [2.24, 2.45) is 5.92 Å². The van der Waals surface area contributed by atoms with Gasteiger partial charge in [0, 0.05) is 25.2 Å². The number of aliphatic hydroxyl groups excluding tert-OH is 1. The van der Waals surface area contributed by atoms with Gasteiger partial charge in [-0.05, 0) is 31.0 Å². The summed E-state index contributed by atoms with van der Waals surface area (Å²) in [6.45, 7) is 7.57. The Bertz CT molecular complexity index is 799. The number of aliphatic hydroxyl groups is 1. The molecule has 1 aromatic carbocycles. The van der Waals surface area contributed by atoms with Gasteiger partial charge >= 0.3 is 0 Å². The minimum Gasteiger partial charge on any atom is -0.388 e. The third kappa shape index (κ3) is 3.37. The predicted molar refractivity (Wildman–Crippen MR) is 93.9 cm³/mol. The van der Waals surface area contributed by atoms with Crippen molar-refractivity contribution in [2.75, 3.05) is 19.6 Å². The number of rotatable bonds is 4. The Balaban J connectivity index is 1.80. The van der Waals surface area contributed by atoms with Gasteiger partial charge in [0.1, 0.15) is 18.5 Å². The number of hydrogen-bond donors (Lipinski definition) is 2.